The summed E-state index contributed by atoms with van der Waals surface area (Å²) in [4.78, 5) is 0. The molecule has 0 aromatic heterocycles. The first kappa shape index (κ1) is 16.5. The van der Waals surface area contributed by atoms with Crippen molar-refractivity contribution >= 4 is 15.5 Å². The summed E-state index contributed by atoms with van der Waals surface area (Å²) in [5, 5.41) is 11.7. The third kappa shape index (κ3) is 6.06. The Bertz CT molecular complexity index is 535. The summed E-state index contributed by atoms with van der Waals surface area (Å²) in [5.74, 6) is 1.04. The van der Waals surface area contributed by atoms with E-state index in [1.165, 1.54) is 0 Å². The molecule has 0 amide bonds. The van der Waals surface area contributed by atoms with Crippen molar-refractivity contribution in [2.24, 2.45) is 5.16 Å². The number of oxime groups is 1. The van der Waals surface area contributed by atoms with Crippen molar-refractivity contribution in [1.82, 2.24) is 0 Å². The standard InChI is InChI=1S/C14H21NO4S/c1-3-20(17,18)10-4-9-19-14-7-5-13(6-8-14)11-12(2)15-16/h5-8,16H,3-4,9-11H2,1-2H3/b15-12+. The van der Waals surface area contributed by atoms with Gasteiger partial charge in [0.2, 0.25) is 0 Å². The predicted molar refractivity (Wildman–Crippen MR) is 79.5 cm³/mol. The van der Waals surface area contributed by atoms with E-state index >= 15 is 0 Å². The van der Waals surface area contributed by atoms with E-state index in [0.717, 1.165) is 5.56 Å². The molecule has 5 nitrogen and oxygen atoms in total. The molecule has 0 atom stereocenters. The maximum atomic E-state index is 11.3. The molecule has 1 rings (SSSR count). The average molecular weight is 299 g/mol. The van der Waals surface area contributed by atoms with E-state index in [0.29, 0.717) is 30.9 Å². The van der Waals surface area contributed by atoms with Gasteiger partial charge in [0.1, 0.15) is 15.6 Å². The lowest BCUT2D eigenvalue weighted by atomic mass is 10.1. The van der Waals surface area contributed by atoms with E-state index in [-0.39, 0.29) is 11.5 Å². The maximum absolute atomic E-state index is 11.3. The second kappa shape index (κ2) is 7.89. The molecule has 20 heavy (non-hydrogen) atoms. The molecular weight excluding hydrogens is 278 g/mol. The van der Waals surface area contributed by atoms with Gasteiger partial charge < -0.3 is 9.94 Å². The molecule has 0 radical (unpaired) electrons. The predicted octanol–water partition coefficient (Wildman–Crippen LogP) is 2.28. The van der Waals surface area contributed by atoms with Crippen LogP contribution in [0.5, 0.6) is 5.75 Å². The molecule has 112 valence electrons. The van der Waals surface area contributed by atoms with Gasteiger partial charge in [-0.3, -0.25) is 0 Å². The summed E-state index contributed by atoms with van der Waals surface area (Å²) in [6, 6.07) is 7.45. The van der Waals surface area contributed by atoms with Crippen molar-refractivity contribution < 1.29 is 18.4 Å². The van der Waals surface area contributed by atoms with Crippen LogP contribution in [-0.2, 0) is 16.3 Å². The summed E-state index contributed by atoms with van der Waals surface area (Å²) < 4.78 is 28.1. The SMILES string of the molecule is CCS(=O)(=O)CCCOc1ccc(C/C(C)=N/O)cc1. The fraction of sp³-hybridized carbons (Fsp3) is 0.500. The Labute approximate surface area is 120 Å². The Morgan fingerprint density at radius 2 is 1.95 bits per heavy atom. The maximum Gasteiger partial charge on any atom is 0.150 e. The van der Waals surface area contributed by atoms with Crippen LogP contribution in [0, 0.1) is 0 Å². The number of hydrogen-bond donors (Lipinski definition) is 1. The van der Waals surface area contributed by atoms with E-state index in [4.69, 9.17) is 9.94 Å². The van der Waals surface area contributed by atoms with Gasteiger partial charge in [0.15, 0.2) is 0 Å². The normalized spacial score (nSPS) is 12.4. The van der Waals surface area contributed by atoms with Gasteiger partial charge >= 0.3 is 0 Å². The van der Waals surface area contributed by atoms with Crippen LogP contribution in [0.4, 0.5) is 0 Å². The minimum Gasteiger partial charge on any atom is -0.494 e. The molecule has 0 bridgehead atoms. The summed E-state index contributed by atoms with van der Waals surface area (Å²) in [7, 11) is -2.91. The fourth-order valence-corrected chi connectivity index (χ4v) is 2.49. The largest absolute Gasteiger partial charge is 0.494 e. The van der Waals surface area contributed by atoms with Gasteiger partial charge in [0, 0.05) is 12.2 Å². The highest BCUT2D eigenvalue weighted by Crippen LogP contribution is 2.13. The van der Waals surface area contributed by atoms with Crippen LogP contribution in [0.25, 0.3) is 0 Å². The van der Waals surface area contributed by atoms with Crippen molar-refractivity contribution in [3.8, 4) is 5.75 Å². The quantitative estimate of drug-likeness (QED) is 0.346. The first-order valence-electron chi connectivity index (χ1n) is 6.56. The van der Waals surface area contributed by atoms with Crippen molar-refractivity contribution in [2.75, 3.05) is 18.1 Å². The molecule has 0 fully saturated rings. The molecule has 0 unspecified atom stereocenters. The molecular formula is C14H21NO4S. The van der Waals surface area contributed by atoms with Crippen molar-refractivity contribution in [2.45, 2.75) is 26.7 Å². The Morgan fingerprint density at radius 1 is 1.30 bits per heavy atom. The molecule has 0 aliphatic heterocycles. The first-order valence-corrected chi connectivity index (χ1v) is 8.38. The van der Waals surface area contributed by atoms with E-state index in [1.54, 1.807) is 13.8 Å². The smallest absolute Gasteiger partial charge is 0.150 e. The Morgan fingerprint density at radius 3 is 2.50 bits per heavy atom. The monoisotopic (exact) mass is 299 g/mol. The minimum atomic E-state index is -2.91. The van der Waals surface area contributed by atoms with Gasteiger partial charge in [-0.05, 0) is 31.0 Å². The van der Waals surface area contributed by atoms with Crippen LogP contribution in [-0.4, -0.2) is 37.4 Å². The van der Waals surface area contributed by atoms with Crippen LogP contribution in [0.1, 0.15) is 25.8 Å². The van der Waals surface area contributed by atoms with E-state index in [1.807, 2.05) is 24.3 Å². The van der Waals surface area contributed by atoms with Crippen LogP contribution in [0.15, 0.2) is 29.4 Å². The van der Waals surface area contributed by atoms with E-state index < -0.39 is 9.84 Å². The van der Waals surface area contributed by atoms with Gasteiger partial charge in [-0.15, -0.1) is 0 Å². The molecule has 1 aromatic rings. The molecule has 1 aromatic carbocycles. The van der Waals surface area contributed by atoms with Crippen LogP contribution in [0.2, 0.25) is 0 Å². The lowest BCUT2D eigenvalue weighted by Gasteiger charge is -2.07. The summed E-state index contributed by atoms with van der Waals surface area (Å²) >= 11 is 0. The lowest BCUT2D eigenvalue weighted by Crippen LogP contribution is -2.11. The van der Waals surface area contributed by atoms with Crippen molar-refractivity contribution in [3.63, 3.8) is 0 Å². The zero-order valence-corrected chi connectivity index (χ0v) is 12.7. The number of ether oxygens (including phenoxy) is 1. The molecule has 6 heteroatoms. The van der Waals surface area contributed by atoms with Crippen molar-refractivity contribution in [1.29, 1.82) is 0 Å². The molecule has 1 N–H and O–H groups in total. The number of nitrogens with zero attached hydrogens (tertiary/aromatic N) is 1. The van der Waals surface area contributed by atoms with Gasteiger partial charge in [0.25, 0.3) is 0 Å². The summed E-state index contributed by atoms with van der Waals surface area (Å²) in [5.41, 5.74) is 1.67. The van der Waals surface area contributed by atoms with E-state index in [2.05, 4.69) is 5.16 Å². The van der Waals surface area contributed by atoms with Crippen molar-refractivity contribution in [3.05, 3.63) is 29.8 Å². The molecule has 0 aliphatic rings. The highest BCUT2D eigenvalue weighted by molar-refractivity contribution is 7.91. The molecule has 0 saturated heterocycles. The molecule has 0 heterocycles. The lowest BCUT2D eigenvalue weighted by molar-refractivity contribution is 0.317. The highest BCUT2D eigenvalue weighted by atomic mass is 32.2. The van der Waals surface area contributed by atoms with Crippen LogP contribution < -0.4 is 4.74 Å². The number of benzene rings is 1. The minimum absolute atomic E-state index is 0.160. The number of rotatable bonds is 8. The van der Waals surface area contributed by atoms with Gasteiger partial charge in [-0.2, -0.15) is 0 Å². The average Bonchev–Trinajstić information content (AvgIpc) is 2.45. The first-order chi connectivity index (χ1) is 9.46. The van der Waals surface area contributed by atoms with Gasteiger partial charge in [-0.25, -0.2) is 8.42 Å². The summed E-state index contributed by atoms with van der Waals surface area (Å²) in [6.07, 6.45) is 1.08. The van der Waals surface area contributed by atoms with E-state index in [9.17, 15) is 8.42 Å². The van der Waals surface area contributed by atoms with Crippen LogP contribution in [0.3, 0.4) is 0 Å². The zero-order chi connectivity index (χ0) is 15.0. The Kier molecular flexibility index (Phi) is 6.51. The molecule has 0 spiro atoms. The van der Waals surface area contributed by atoms with Crippen LogP contribution >= 0.6 is 0 Å². The fourth-order valence-electron chi connectivity index (χ4n) is 1.65. The third-order valence-corrected chi connectivity index (χ3v) is 4.65. The third-order valence-electron chi connectivity index (χ3n) is 2.86. The molecule has 0 aliphatic carbocycles. The van der Waals surface area contributed by atoms with Gasteiger partial charge in [0.05, 0.1) is 18.1 Å². The Balaban J connectivity index is 2.39. The second-order valence-electron chi connectivity index (χ2n) is 4.59. The van der Waals surface area contributed by atoms with Gasteiger partial charge in [-0.1, -0.05) is 24.2 Å². The zero-order valence-electron chi connectivity index (χ0n) is 11.9. The summed E-state index contributed by atoms with van der Waals surface area (Å²) in [6.45, 7) is 3.78. The highest BCUT2D eigenvalue weighted by Gasteiger charge is 2.06. The number of hydrogen-bond acceptors (Lipinski definition) is 5. The Hall–Kier alpha value is -1.56. The molecule has 0 saturated carbocycles. The number of sulfone groups is 1. The topological polar surface area (TPSA) is 76.0 Å². The second-order valence-corrected chi connectivity index (χ2v) is 7.07.